The van der Waals surface area contributed by atoms with Crippen molar-refractivity contribution >= 4 is 17.5 Å². The van der Waals surface area contributed by atoms with E-state index in [1.165, 1.54) is 25.3 Å². The lowest BCUT2D eigenvalue weighted by Crippen LogP contribution is -2.29. The minimum absolute atomic E-state index is 0.0137. The third kappa shape index (κ3) is 7.66. The zero-order chi connectivity index (χ0) is 25.2. The molecule has 4 rings (SSSR count). The minimum atomic E-state index is -0.255. The van der Waals surface area contributed by atoms with Gasteiger partial charge in [0.1, 0.15) is 0 Å². The van der Waals surface area contributed by atoms with Crippen LogP contribution < -0.4 is 21.5 Å². The molecule has 2 aromatic rings. The van der Waals surface area contributed by atoms with Crippen LogP contribution in [0.1, 0.15) is 61.9 Å². The van der Waals surface area contributed by atoms with Gasteiger partial charge in [-0.15, -0.1) is 5.10 Å². The molecule has 36 heavy (non-hydrogen) atoms. The van der Waals surface area contributed by atoms with E-state index in [1.807, 2.05) is 18.4 Å². The topological polar surface area (TPSA) is 123 Å². The van der Waals surface area contributed by atoms with Gasteiger partial charge in [0, 0.05) is 50.6 Å². The highest BCUT2D eigenvalue weighted by Crippen LogP contribution is 2.26. The number of allylic oxidation sites excluding steroid dienone is 2. The van der Waals surface area contributed by atoms with Gasteiger partial charge >= 0.3 is 0 Å². The van der Waals surface area contributed by atoms with E-state index in [0.29, 0.717) is 44.2 Å². The number of pyridine rings is 1. The Morgan fingerprint density at radius 1 is 1.14 bits per heavy atom. The number of hydrogen-bond acceptors (Lipinski definition) is 6. The van der Waals surface area contributed by atoms with E-state index < -0.39 is 0 Å². The van der Waals surface area contributed by atoms with Crippen LogP contribution in [-0.2, 0) is 17.9 Å². The molecule has 0 unspecified atom stereocenters. The molecule has 3 N–H and O–H groups in total. The first-order valence-corrected chi connectivity index (χ1v) is 12.8. The molecule has 10 heteroatoms. The summed E-state index contributed by atoms with van der Waals surface area (Å²) in [5, 5.41) is 16.8. The Labute approximate surface area is 210 Å². The van der Waals surface area contributed by atoms with E-state index in [0.717, 1.165) is 31.3 Å². The summed E-state index contributed by atoms with van der Waals surface area (Å²) in [5.41, 5.74) is 1.79. The number of unbranched alkanes of at least 4 members (excludes halogenated alkanes) is 1. The minimum Gasteiger partial charge on any atom is -0.387 e. The third-order valence-corrected chi connectivity index (χ3v) is 6.64. The summed E-state index contributed by atoms with van der Waals surface area (Å²) >= 11 is 0. The highest BCUT2D eigenvalue weighted by molar-refractivity contribution is 5.92. The zero-order valence-corrected chi connectivity index (χ0v) is 20.6. The van der Waals surface area contributed by atoms with Crippen molar-refractivity contribution in [2.24, 2.45) is 5.92 Å². The lowest BCUT2D eigenvalue weighted by atomic mass is 9.87. The van der Waals surface area contributed by atoms with E-state index in [1.54, 1.807) is 27.7 Å². The van der Waals surface area contributed by atoms with Gasteiger partial charge in [0.25, 0.3) is 11.5 Å². The van der Waals surface area contributed by atoms with E-state index in [4.69, 9.17) is 0 Å². The summed E-state index contributed by atoms with van der Waals surface area (Å²) in [6, 6.07) is 3.26. The summed E-state index contributed by atoms with van der Waals surface area (Å²) in [6.07, 6.45) is 17.1. The molecular weight excluding hydrogens is 458 g/mol. The van der Waals surface area contributed by atoms with Gasteiger partial charge in [-0.2, -0.15) is 0 Å². The summed E-state index contributed by atoms with van der Waals surface area (Å²) in [6.45, 7) is 2.34. The second-order valence-electron chi connectivity index (χ2n) is 9.52. The summed E-state index contributed by atoms with van der Waals surface area (Å²) in [4.78, 5) is 37.1. The monoisotopic (exact) mass is 493 g/mol. The molecule has 0 aromatic carbocycles. The highest BCUT2D eigenvalue weighted by atomic mass is 16.2. The first-order valence-electron chi connectivity index (χ1n) is 12.8. The van der Waals surface area contributed by atoms with E-state index in [2.05, 4.69) is 26.3 Å². The fourth-order valence-corrected chi connectivity index (χ4v) is 4.61. The fraction of sp³-hybridized carbons (Fsp3) is 0.500. The second kappa shape index (κ2) is 12.9. The number of aromatic nitrogens is 4. The van der Waals surface area contributed by atoms with Crippen molar-refractivity contribution < 1.29 is 9.59 Å². The van der Waals surface area contributed by atoms with Crippen molar-refractivity contribution in [1.29, 1.82) is 0 Å². The average Bonchev–Trinajstić information content (AvgIpc) is 3.36. The normalized spacial score (nSPS) is 15.7. The van der Waals surface area contributed by atoms with Gasteiger partial charge in [-0.25, -0.2) is 0 Å². The quantitative estimate of drug-likeness (QED) is 0.414. The lowest BCUT2D eigenvalue weighted by molar-refractivity contribution is -0.117. The number of rotatable bonds is 11. The number of dihydropyridines is 1. The van der Waals surface area contributed by atoms with E-state index in [-0.39, 0.29) is 23.1 Å². The van der Waals surface area contributed by atoms with Crippen LogP contribution in [0.2, 0.25) is 0 Å². The number of anilines is 1. The van der Waals surface area contributed by atoms with Crippen LogP contribution in [0.15, 0.2) is 53.2 Å². The van der Waals surface area contributed by atoms with E-state index in [9.17, 15) is 14.4 Å². The number of carbonyl (C=O) groups excluding carboxylic acids is 2. The molecule has 0 spiro atoms. The van der Waals surface area contributed by atoms with Gasteiger partial charge in [0.05, 0.1) is 6.20 Å². The van der Waals surface area contributed by atoms with Gasteiger partial charge in [-0.3, -0.25) is 19.1 Å². The van der Waals surface area contributed by atoms with Gasteiger partial charge < -0.3 is 20.5 Å². The zero-order valence-electron chi connectivity index (χ0n) is 20.6. The number of amides is 2. The smallest absolute Gasteiger partial charge is 0.273 e. The van der Waals surface area contributed by atoms with Crippen molar-refractivity contribution in [3.05, 3.63) is 64.5 Å². The maximum atomic E-state index is 12.5. The molecule has 10 nitrogen and oxygen atoms in total. The molecule has 192 valence electrons. The Bertz CT molecular complexity index is 1160. The van der Waals surface area contributed by atoms with Crippen molar-refractivity contribution in [1.82, 2.24) is 30.2 Å². The van der Waals surface area contributed by atoms with Crippen molar-refractivity contribution in [2.45, 2.75) is 64.5 Å². The number of nitrogens with one attached hydrogen (secondary N) is 3. The molecule has 1 aliphatic carbocycles. The SMILES string of the molecule is O=C(CC1CCCCC1)Nc1ccn(CCCCn2cc(C(=O)NCC3=CC=CNC3)nn2)c(=O)c1. The average molecular weight is 494 g/mol. The molecule has 0 radical (unpaired) electrons. The van der Waals surface area contributed by atoms with Gasteiger partial charge in [-0.05, 0) is 55.5 Å². The summed E-state index contributed by atoms with van der Waals surface area (Å²) in [5.74, 6) is 0.193. The number of aryl methyl sites for hydroxylation is 2. The molecule has 0 bridgehead atoms. The molecular formula is C26H35N7O3. The van der Waals surface area contributed by atoms with Crippen molar-refractivity contribution in [2.75, 3.05) is 18.4 Å². The Hall–Kier alpha value is -3.69. The number of hydrogen-bond donors (Lipinski definition) is 3. The Morgan fingerprint density at radius 3 is 2.75 bits per heavy atom. The van der Waals surface area contributed by atoms with Gasteiger partial charge in [0.15, 0.2) is 5.69 Å². The Balaban J connectivity index is 1.16. The second-order valence-corrected chi connectivity index (χ2v) is 9.52. The standard InChI is InChI=1S/C26H35N7O3/c34-24(15-20-7-2-1-3-8-20)29-22-10-14-32(25(35)16-22)12-4-5-13-33-19-23(30-31-33)26(36)28-18-21-9-6-11-27-17-21/h6,9-11,14,16,19-20,27H,1-5,7-8,12-13,15,17-18H2,(H,28,36)(H,29,34). The first-order chi connectivity index (χ1) is 17.6. The Morgan fingerprint density at radius 2 is 1.97 bits per heavy atom. The van der Waals surface area contributed by atoms with Gasteiger partial charge in [0.2, 0.25) is 5.91 Å². The molecule has 2 aliphatic rings. The van der Waals surface area contributed by atoms with Gasteiger partial charge in [-0.1, -0.05) is 30.6 Å². The predicted molar refractivity (Wildman–Crippen MR) is 137 cm³/mol. The van der Waals surface area contributed by atoms with Crippen LogP contribution in [0.3, 0.4) is 0 Å². The Kier molecular flexibility index (Phi) is 9.07. The molecule has 0 saturated heterocycles. The maximum absolute atomic E-state index is 12.5. The van der Waals surface area contributed by atoms with Crippen LogP contribution >= 0.6 is 0 Å². The maximum Gasteiger partial charge on any atom is 0.273 e. The summed E-state index contributed by atoms with van der Waals surface area (Å²) < 4.78 is 3.29. The van der Waals surface area contributed by atoms with Crippen LogP contribution in [0, 0.1) is 5.92 Å². The first kappa shape index (κ1) is 25.4. The molecule has 2 aromatic heterocycles. The number of carbonyl (C=O) groups is 2. The molecule has 1 fully saturated rings. The molecule has 1 saturated carbocycles. The molecule has 1 aliphatic heterocycles. The van der Waals surface area contributed by atoms with Crippen molar-refractivity contribution in [3.8, 4) is 0 Å². The summed E-state index contributed by atoms with van der Waals surface area (Å²) in [7, 11) is 0. The molecule has 0 atom stereocenters. The van der Waals surface area contributed by atoms with E-state index >= 15 is 0 Å². The van der Waals surface area contributed by atoms with Crippen LogP contribution in [-0.4, -0.2) is 44.5 Å². The fourth-order valence-electron chi connectivity index (χ4n) is 4.61. The lowest BCUT2D eigenvalue weighted by Gasteiger charge is -2.20. The largest absolute Gasteiger partial charge is 0.387 e. The third-order valence-electron chi connectivity index (χ3n) is 6.64. The molecule has 3 heterocycles. The van der Waals surface area contributed by atoms with Crippen LogP contribution in [0.4, 0.5) is 5.69 Å². The molecule has 2 amide bonds. The number of nitrogens with zero attached hydrogens (tertiary/aromatic N) is 4. The predicted octanol–water partition coefficient (Wildman–Crippen LogP) is 2.60. The highest BCUT2D eigenvalue weighted by Gasteiger charge is 2.17. The van der Waals surface area contributed by atoms with Crippen LogP contribution in [0.5, 0.6) is 0 Å². The van der Waals surface area contributed by atoms with Crippen LogP contribution in [0.25, 0.3) is 0 Å². The van der Waals surface area contributed by atoms with Crippen molar-refractivity contribution in [3.63, 3.8) is 0 Å².